The first-order valence-corrected chi connectivity index (χ1v) is 8.77. The van der Waals surface area contributed by atoms with Gasteiger partial charge >= 0.3 is 0 Å². The van der Waals surface area contributed by atoms with Crippen molar-refractivity contribution in [2.75, 3.05) is 41.5 Å². The van der Waals surface area contributed by atoms with E-state index in [1.807, 2.05) is 31.3 Å². The molecule has 0 spiro atoms. The maximum Gasteiger partial charge on any atom is 0.213 e. The van der Waals surface area contributed by atoms with Crippen molar-refractivity contribution in [2.45, 2.75) is 13.1 Å². The molecule has 28 heavy (non-hydrogen) atoms. The molecular weight excluding hydrogens is 471 g/mol. The third kappa shape index (κ3) is 7.89. The van der Waals surface area contributed by atoms with Crippen LogP contribution >= 0.6 is 24.0 Å². The minimum absolute atomic E-state index is 0. The van der Waals surface area contributed by atoms with Crippen molar-refractivity contribution in [1.82, 2.24) is 15.2 Å². The van der Waals surface area contributed by atoms with Crippen LogP contribution in [-0.2, 0) is 17.8 Å². The molecule has 0 bridgehead atoms. The van der Waals surface area contributed by atoms with E-state index >= 15 is 0 Å². The van der Waals surface area contributed by atoms with Crippen molar-refractivity contribution in [3.63, 3.8) is 0 Å². The van der Waals surface area contributed by atoms with Crippen molar-refractivity contribution in [1.29, 1.82) is 0 Å². The summed E-state index contributed by atoms with van der Waals surface area (Å²) in [5, 5.41) is 3.35. The first kappa shape index (κ1) is 24.0. The summed E-state index contributed by atoms with van der Waals surface area (Å²) in [5.41, 5.74) is 2.23. The fourth-order valence-electron chi connectivity index (χ4n) is 2.48. The number of pyridine rings is 1. The molecule has 0 aliphatic heterocycles. The molecule has 0 saturated heterocycles. The van der Waals surface area contributed by atoms with Gasteiger partial charge in [-0.1, -0.05) is 18.2 Å². The topological polar surface area (TPSA) is 68.2 Å². The normalized spacial score (nSPS) is 10.8. The number of aromatic nitrogens is 1. The molecule has 1 heterocycles. The zero-order chi connectivity index (χ0) is 19.5. The minimum atomic E-state index is 0. The van der Waals surface area contributed by atoms with Gasteiger partial charge in [0.15, 0.2) is 5.96 Å². The molecule has 1 aromatic carbocycles. The lowest BCUT2D eigenvalue weighted by Gasteiger charge is -2.22. The maximum absolute atomic E-state index is 5.47. The van der Waals surface area contributed by atoms with Gasteiger partial charge in [-0.15, -0.1) is 24.0 Å². The molecule has 0 fully saturated rings. The molecule has 1 N–H and O–H groups in total. The van der Waals surface area contributed by atoms with Gasteiger partial charge in [0.2, 0.25) is 5.88 Å². The van der Waals surface area contributed by atoms with E-state index in [-0.39, 0.29) is 24.0 Å². The summed E-state index contributed by atoms with van der Waals surface area (Å²) in [7, 11) is 7.09. The van der Waals surface area contributed by atoms with Crippen molar-refractivity contribution in [3.8, 4) is 11.6 Å². The van der Waals surface area contributed by atoms with E-state index < -0.39 is 0 Å². The summed E-state index contributed by atoms with van der Waals surface area (Å²) < 4.78 is 15.6. The summed E-state index contributed by atoms with van der Waals surface area (Å²) >= 11 is 0. The standard InChI is InChI=1S/C20H28N4O3.HI/c1-21-20(24(2)15-16-5-8-18(26-4)9-6-16)23-14-17-7-10-19(22-13-17)27-12-11-25-3;/h5-10,13H,11-12,14-15H2,1-4H3,(H,21,23);1H. The molecule has 7 nitrogen and oxygen atoms in total. The van der Waals surface area contributed by atoms with Gasteiger partial charge in [-0.05, 0) is 23.3 Å². The second-order valence-corrected chi connectivity index (χ2v) is 5.95. The van der Waals surface area contributed by atoms with E-state index in [1.54, 1.807) is 27.5 Å². The Bertz CT molecular complexity index is 708. The van der Waals surface area contributed by atoms with Crippen LogP contribution in [0.2, 0.25) is 0 Å². The van der Waals surface area contributed by atoms with Gasteiger partial charge in [0.05, 0.1) is 13.7 Å². The summed E-state index contributed by atoms with van der Waals surface area (Å²) in [5.74, 6) is 2.26. The van der Waals surface area contributed by atoms with Crippen LogP contribution in [0.3, 0.4) is 0 Å². The molecule has 0 saturated carbocycles. The minimum Gasteiger partial charge on any atom is -0.497 e. The Hall–Kier alpha value is -2.07. The van der Waals surface area contributed by atoms with Crippen LogP contribution in [0.1, 0.15) is 11.1 Å². The van der Waals surface area contributed by atoms with Crippen LogP contribution in [0.4, 0.5) is 0 Å². The smallest absolute Gasteiger partial charge is 0.213 e. The first-order valence-electron chi connectivity index (χ1n) is 8.77. The number of nitrogens with zero attached hydrogens (tertiary/aromatic N) is 3. The maximum atomic E-state index is 5.47. The molecule has 0 amide bonds. The average molecular weight is 500 g/mol. The fourth-order valence-corrected chi connectivity index (χ4v) is 2.48. The Morgan fingerprint density at radius 3 is 2.36 bits per heavy atom. The van der Waals surface area contributed by atoms with Gasteiger partial charge in [0.25, 0.3) is 0 Å². The Morgan fingerprint density at radius 1 is 1.07 bits per heavy atom. The lowest BCUT2D eigenvalue weighted by Crippen LogP contribution is -2.38. The van der Waals surface area contributed by atoms with E-state index in [1.165, 1.54) is 5.56 Å². The zero-order valence-electron chi connectivity index (χ0n) is 16.8. The fraction of sp³-hybridized carbons (Fsp3) is 0.400. The number of guanidine groups is 1. The number of nitrogens with one attached hydrogen (secondary N) is 1. The van der Waals surface area contributed by atoms with E-state index in [4.69, 9.17) is 14.2 Å². The lowest BCUT2D eigenvalue weighted by molar-refractivity contribution is 0.143. The number of hydrogen-bond acceptors (Lipinski definition) is 5. The Kier molecular flexibility index (Phi) is 11.3. The number of benzene rings is 1. The summed E-state index contributed by atoms with van der Waals surface area (Å²) in [6, 6.07) is 11.9. The van der Waals surface area contributed by atoms with E-state index in [2.05, 4.69) is 32.3 Å². The van der Waals surface area contributed by atoms with E-state index in [0.717, 1.165) is 23.8 Å². The zero-order valence-corrected chi connectivity index (χ0v) is 19.2. The Balaban J connectivity index is 0.00000392. The van der Waals surface area contributed by atoms with Crippen molar-refractivity contribution in [3.05, 3.63) is 53.7 Å². The molecule has 0 radical (unpaired) electrons. The van der Waals surface area contributed by atoms with Crippen LogP contribution in [0.15, 0.2) is 47.6 Å². The third-order valence-electron chi connectivity index (χ3n) is 3.94. The van der Waals surface area contributed by atoms with Gasteiger partial charge < -0.3 is 24.4 Å². The first-order chi connectivity index (χ1) is 13.2. The van der Waals surface area contributed by atoms with Crippen molar-refractivity contribution < 1.29 is 14.2 Å². The third-order valence-corrected chi connectivity index (χ3v) is 3.94. The highest BCUT2D eigenvalue weighted by Gasteiger charge is 2.07. The highest BCUT2D eigenvalue weighted by Crippen LogP contribution is 2.13. The Labute approximate surface area is 184 Å². The van der Waals surface area contributed by atoms with Gasteiger partial charge in [-0.3, -0.25) is 4.99 Å². The van der Waals surface area contributed by atoms with Gasteiger partial charge in [-0.25, -0.2) is 4.98 Å². The monoisotopic (exact) mass is 500 g/mol. The van der Waals surface area contributed by atoms with Crippen LogP contribution < -0.4 is 14.8 Å². The van der Waals surface area contributed by atoms with Crippen molar-refractivity contribution >= 4 is 29.9 Å². The van der Waals surface area contributed by atoms with Gasteiger partial charge in [0.1, 0.15) is 12.4 Å². The number of aliphatic imine (C=N–C) groups is 1. The molecule has 154 valence electrons. The molecule has 2 rings (SSSR count). The quantitative estimate of drug-likeness (QED) is 0.247. The van der Waals surface area contributed by atoms with Crippen LogP contribution in [-0.4, -0.2) is 57.4 Å². The second-order valence-electron chi connectivity index (χ2n) is 5.95. The molecule has 2 aromatic rings. The Morgan fingerprint density at radius 2 is 1.79 bits per heavy atom. The number of ether oxygens (including phenoxy) is 3. The van der Waals surface area contributed by atoms with Crippen LogP contribution in [0.5, 0.6) is 11.6 Å². The number of hydrogen-bond donors (Lipinski definition) is 1. The molecule has 0 aliphatic rings. The summed E-state index contributed by atoms with van der Waals surface area (Å²) in [4.78, 5) is 10.7. The molecular formula is C20H29IN4O3. The average Bonchev–Trinajstić information content (AvgIpc) is 2.70. The second kappa shape index (κ2) is 13.2. The largest absolute Gasteiger partial charge is 0.497 e. The number of rotatable bonds is 9. The summed E-state index contributed by atoms with van der Waals surface area (Å²) in [6.07, 6.45) is 1.80. The molecule has 0 atom stereocenters. The lowest BCUT2D eigenvalue weighted by atomic mass is 10.2. The molecule has 0 unspecified atom stereocenters. The molecule has 1 aromatic heterocycles. The number of halogens is 1. The SMILES string of the molecule is CN=C(NCc1ccc(OCCOC)nc1)N(C)Cc1ccc(OC)cc1.I. The van der Waals surface area contributed by atoms with Crippen LogP contribution in [0.25, 0.3) is 0 Å². The number of methoxy groups -OCH3 is 2. The molecule has 8 heteroatoms. The van der Waals surface area contributed by atoms with Gasteiger partial charge in [-0.2, -0.15) is 0 Å². The van der Waals surface area contributed by atoms with E-state index in [0.29, 0.717) is 25.6 Å². The predicted molar refractivity (Wildman–Crippen MR) is 122 cm³/mol. The predicted octanol–water partition coefficient (Wildman–Crippen LogP) is 2.94. The molecule has 0 aliphatic carbocycles. The van der Waals surface area contributed by atoms with Crippen molar-refractivity contribution in [2.24, 2.45) is 4.99 Å². The highest BCUT2D eigenvalue weighted by molar-refractivity contribution is 14.0. The van der Waals surface area contributed by atoms with Crippen LogP contribution in [0, 0.1) is 0 Å². The van der Waals surface area contributed by atoms with Gasteiger partial charge in [0, 0.05) is 46.6 Å². The van der Waals surface area contributed by atoms with E-state index in [9.17, 15) is 0 Å². The summed E-state index contributed by atoms with van der Waals surface area (Å²) in [6.45, 7) is 2.41. The highest BCUT2D eigenvalue weighted by atomic mass is 127.